The van der Waals surface area contributed by atoms with Gasteiger partial charge in [0.05, 0.1) is 6.54 Å². The lowest BCUT2D eigenvalue weighted by molar-refractivity contribution is -0.147. The van der Waals surface area contributed by atoms with Gasteiger partial charge in [-0.05, 0) is 49.3 Å². The smallest absolute Gasteiger partial charge is 0.257 e. The van der Waals surface area contributed by atoms with Crippen LogP contribution in [-0.2, 0) is 16.9 Å². The van der Waals surface area contributed by atoms with Gasteiger partial charge in [-0.1, -0.05) is 43.2 Å². The molecular formula is C24H30N2O3. The zero-order valence-corrected chi connectivity index (χ0v) is 17.0. The van der Waals surface area contributed by atoms with E-state index in [1.807, 2.05) is 49.4 Å². The second-order valence-electron chi connectivity index (χ2n) is 9.15. The standard InChI is InChI=1S/C24H30N2O3/c1-16-11-12-19(29-16)13-26-14-20-21(15-26)22(20)25-23(27)24(28,18-9-5-6-10-18)17-7-3-2-4-8-17/h2-4,7-8,11-12,18,20-22,28H,5-6,9-10,13-15H2,1H3,(H,25,27)/t20-,21?,22+,24?/m0/s1. The van der Waals surface area contributed by atoms with Crippen molar-refractivity contribution in [2.45, 2.75) is 50.8 Å². The lowest BCUT2D eigenvalue weighted by Gasteiger charge is -2.33. The monoisotopic (exact) mass is 394 g/mol. The summed E-state index contributed by atoms with van der Waals surface area (Å²) in [7, 11) is 0. The van der Waals surface area contributed by atoms with Crippen molar-refractivity contribution in [3.8, 4) is 0 Å². The average Bonchev–Trinajstić information content (AvgIpc) is 3.25. The highest BCUT2D eigenvalue weighted by molar-refractivity contribution is 5.87. The molecule has 1 saturated heterocycles. The maximum Gasteiger partial charge on any atom is 0.257 e. The zero-order chi connectivity index (χ0) is 20.0. The Labute approximate surface area is 172 Å². The molecule has 0 radical (unpaired) electrons. The number of aryl methyl sites for hydroxylation is 1. The largest absolute Gasteiger partial charge is 0.465 e. The SMILES string of the molecule is Cc1ccc(CN2CC3[C@H](C2)[C@H]3NC(=O)C(O)(c2ccccc2)C2CCCC2)o1. The molecule has 1 aliphatic heterocycles. The summed E-state index contributed by atoms with van der Waals surface area (Å²) >= 11 is 0. The van der Waals surface area contributed by atoms with Crippen molar-refractivity contribution >= 4 is 5.91 Å². The van der Waals surface area contributed by atoms with Gasteiger partial charge in [0.15, 0.2) is 5.60 Å². The van der Waals surface area contributed by atoms with E-state index < -0.39 is 5.60 Å². The minimum atomic E-state index is -1.42. The molecule has 5 rings (SSSR count). The summed E-state index contributed by atoms with van der Waals surface area (Å²) in [4.78, 5) is 15.7. The first-order valence-electron chi connectivity index (χ1n) is 10.9. The van der Waals surface area contributed by atoms with E-state index >= 15 is 0 Å². The number of likely N-dealkylation sites (tertiary alicyclic amines) is 1. The second kappa shape index (κ2) is 7.29. The number of carbonyl (C=O) groups excluding carboxylic acids is 1. The Morgan fingerprint density at radius 1 is 1.14 bits per heavy atom. The molecule has 5 heteroatoms. The van der Waals surface area contributed by atoms with E-state index in [9.17, 15) is 9.90 Å². The van der Waals surface area contributed by atoms with Gasteiger partial charge in [-0.3, -0.25) is 9.69 Å². The molecule has 2 unspecified atom stereocenters. The predicted octanol–water partition coefficient (Wildman–Crippen LogP) is 3.21. The number of nitrogens with zero attached hydrogens (tertiary/aromatic N) is 1. The van der Waals surface area contributed by atoms with E-state index in [0.29, 0.717) is 11.8 Å². The van der Waals surface area contributed by atoms with Crippen LogP contribution in [0.25, 0.3) is 0 Å². The highest BCUT2D eigenvalue weighted by Crippen LogP contribution is 2.47. The highest BCUT2D eigenvalue weighted by atomic mass is 16.3. The number of rotatable bonds is 6. The molecular weight excluding hydrogens is 364 g/mol. The van der Waals surface area contributed by atoms with Crippen LogP contribution in [0.15, 0.2) is 46.9 Å². The molecule has 4 atom stereocenters. The Morgan fingerprint density at radius 2 is 1.83 bits per heavy atom. The fourth-order valence-electron chi connectivity index (χ4n) is 5.60. The summed E-state index contributed by atoms with van der Waals surface area (Å²) in [6.07, 6.45) is 3.99. The summed E-state index contributed by atoms with van der Waals surface area (Å²) in [5.74, 6) is 2.72. The van der Waals surface area contributed by atoms with Crippen LogP contribution in [0, 0.1) is 24.7 Å². The van der Waals surface area contributed by atoms with Crippen LogP contribution in [0.1, 0.15) is 42.8 Å². The molecule has 1 aromatic heterocycles. The average molecular weight is 395 g/mol. The van der Waals surface area contributed by atoms with Gasteiger partial charge in [0.25, 0.3) is 5.91 Å². The van der Waals surface area contributed by atoms with Crippen LogP contribution in [-0.4, -0.2) is 35.0 Å². The Kier molecular flexibility index (Phi) is 4.75. The first kappa shape index (κ1) is 18.9. The molecule has 3 fully saturated rings. The number of hydrogen-bond acceptors (Lipinski definition) is 4. The quantitative estimate of drug-likeness (QED) is 0.790. The number of furan rings is 1. The van der Waals surface area contributed by atoms with Gasteiger partial charge in [0.1, 0.15) is 11.5 Å². The number of amides is 1. The van der Waals surface area contributed by atoms with E-state index in [0.717, 1.165) is 62.4 Å². The third kappa shape index (κ3) is 3.40. The molecule has 0 bridgehead atoms. The molecule has 2 saturated carbocycles. The predicted molar refractivity (Wildman–Crippen MR) is 110 cm³/mol. The number of carbonyl (C=O) groups is 1. The van der Waals surface area contributed by atoms with Crippen molar-refractivity contribution in [2.75, 3.05) is 13.1 Å². The van der Waals surface area contributed by atoms with E-state index in [1.165, 1.54) is 0 Å². The highest BCUT2D eigenvalue weighted by Gasteiger charge is 2.58. The van der Waals surface area contributed by atoms with E-state index in [-0.39, 0.29) is 17.9 Å². The number of benzene rings is 1. The summed E-state index contributed by atoms with van der Waals surface area (Å²) in [5.41, 5.74) is -0.690. The topological polar surface area (TPSA) is 65.7 Å². The molecule has 154 valence electrons. The van der Waals surface area contributed by atoms with Crippen LogP contribution < -0.4 is 5.32 Å². The van der Waals surface area contributed by atoms with Gasteiger partial charge in [-0.25, -0.2) is 0 Å². The van der Waals surface area contributed by atoms with Crippen molar-refractivity contribution in [1.82, 2.24) is 10.2 Å². The van der Waals surface area contributed by atoms with Gasteiger partial charge in [0, 0.05) is 25.0 Å². The Bertz CT molecular complexity index is 861. The maximum atomic E-state index is 13.3. The third-order valence-corrected chi connectivity index (χ3v) is 7.25. The van der Waals surface area contributed by atoms with Crippen LogP contribution in [0.2, 0.25) is 0 Å². The van der Waals surface area contributed by atoms with Crippen LogP contribution >= 0.6 is 0 Å². The number of piperidine rings is 1. The first-order chi connectivity index (χ1) is 14.1. The maximum absolute atomic E-state index is 13.3. The lowest BCUT2D eigenvalue weighted by atomic mass is 9.79. The normalized spacial score (nSPS) is 28.8. The number of aliphatic hydroxyl groups is 1. The van der Waals surface area contributed by atoms with Crippen molar-refractivity contribution in [1.29, 1.82) is 0 Å². The van der Waals surface area contributed by atoms with Crippen LogP contribution in [0.3, 0.4) is 0 Å². The number of fused-ring (bicyclic) bond motifs is 1. The Morgan fingerprint density at radius 3 is 2.45 bits per heavy atom. The molecule has 1 amide bonds. The molecule has 3 aliphatic rings. The number of nitrogens with one attached hydrogen (secondary N) is 1. The molecule has 2 N–H and O–H groups in total. The van der Waals surface area contributed by atoms with Crippen molar-refractivity contribution in [3.05, 3.63) is 59.5 Å². The molecule has 5 nitrogen and oxygen atoms in total. The fourth-order valence-corrected chi connectivity index (χ4v) is 5.60. The van der Waals surface area contributed by atoms with Crippen molar-refractivity contribution in [2.24, 2.45) is 17.8 Å². The summed E-state index contributed by atoms with van der Waals surface area (Å²) in [6, 6.07) is 13.7. The first-order valence-corrected chi connectivity index (χ1v) is 10.9. The van der Waals surface area contributed by atoms with Crippen molar-refractivity contribution in [3.63, 3.8) is 0 Å². The molecule has 2 aliphatic carbocycles. The van der Waals surface area contributed by atoms with Gasteiger partial charge in [-0.2, -0.15) is 0 Å². The van der Waals surface area contributed by atoms with Crippen molar-refractivity contribution < 1.29 is 14.3 Å². The second-order valence-corrected chi connectivity index (χ2v) is 9.15. The van der Waals surface area contributed by atoms with Gasteiger partial charge in [0.2, 0.25) is 0 Å². The molecule has 29 heavy (non-hydrogen) atoms. The van der Waals surface area contributed by atoms with Crippen LogP contribution in [0.4, 0.5) is 0 Å². The third-order valence-electron chi connectivity index (χ3n) is 7.25. The minimum absolute atomic E-state index is 0.00202. The lowest BCUT2D eigenvalue weighted by Crippen LogP contribution is -2.50. The van der Waals surface area contributed by atoms with Gasteiger partial charge < -0.3 is 14.8 Å². The molecule has 0 spiro atoms. The van der Waals surface area contributed by atoms with Gasteiger partial charge >= 0.3 is 0 Å². The summed E-state index contributed by atoms with van der Waals surface area (Å²) in [6.45, 7) is 4.75. The summed E-state index contributed by atoms with van der Waals surface area (Å²) in [5, 5.41) is 14.8. The Hall–Kier alpha value is -2.11. The van der Waals surface area contributed by atoms with E-state index in [1.54, 1.807) is 0 Å². The minimum Gasteiger partial charge on any atom is -0.465 e. The zero-order valence-electron chi connectivity index (χ0n) is 17.0. The molecule has 1 aromatic carbocycles. The van der Waals surface area contributed by atoms with E-state index in [2.05, 4.69) is 10.2 Å². The molecule has 2 heterocycles. The van der Waals surface area contributed by atoms with E-state index in [4.69, 9.17) is 4.42 Å². The fraction of sp³-hybridized carbons (Fsp3) is 0.542. The molecule has 2 aromatic rings. The van der Waals surface area contributed by atoms with Crippen LogP contribution in [0.5, 0.6) is 0 Å². The Balaban J connectivity index is 1.23. The van der Waals surface area contributed by atoms with Gasteiger partial charge in [-0.15, -0.1) is 0 Å². The summed E-state index contributed by atoms with van der Waals surface area (Å²) < 4.78 is 5.69. The number of hydrogen-bond donors (Lipinski definition) is 2.